The minimum absolute atomic E-state index is 0.0105. The molecule has 9 heteroatoms. The summed E-state index contributed by atoms with van der Waals surface area (Å²) in [6.07, 6.45) is -2.07. The third-order valence-corrected chi connectivity index (χ3v) is 4.43. The molecule has 0 fully saturated rings. The number of nitrogens with two attached hydrogens (primary N) is 1. The zero-order valence-corrected chi connectivity index (χ0v) is 16.9. The molecule has 31 heavy (non-hydrogen) atoms. The predicted octanol–water partition coefficient (Wildman–Crippen LogP) is 0.747. The quantitative estimate of drug-likeness (QED) is 0.466. The van der Waals surface area contributed by atoms with Gasteiger partial charge >= 0.3 is 6.09 Å². The second kappa shape index (κ2) is 11.3. The minimum Gasteiger partial charge on any atom is -0.445 e. The Bertz CT molecular complexity index is 939. The molecule has 162 valence electrons. The molecule has 3 atom stereocenters. The first-order valence-electron chi connectivity index (χ1n) is 9.54. The fourth-order valence-corrected chi connectivity index (χ4v) is 2.73. The number of alkyl carbamates (subject to hydrolysis) is 1. The van der Waals surface area contributed by atoms with Gasteiger partial charge in [0.05, 0.1) is 17.7 Å². The maximum absolute atomic E-state index is 12.6. The van der Waals surface area contributed by atoms with Crippen LogP contribution < -0.4 is 16.4 Å². The molecule has 3 amide bonds. The van der Waals surface area contributed by atoms with E-state index in [4.69, 9.17) is 15.7 Å². The number of nitrogens with one attached hydrogen (secondary N) is 2. The molecule has 0 bridgehead atoms. The average molecular weight is 424 g/mol. The topological polar surface area (TPSA) is 155 Å². The van der Waals surface area contributed by atoms with E-state index in [-0.39, 0.29) is 13.0 Å². The summed E-state index contributed by atoms with van der Waals surface area (Å²) in [7, 11) is 0. The molecule has 0 radical (unpaired) electrons. The Hall–Kier alpha value is -3.90. The smallest absolute Gasteiger partial charge is 0.408 e. The number of nitriles is 1. The molecule has 0 aliphatic heterocycles. The Labute approximate surface area is 179 Å². The first-order valence-corrected chi connectivity index (χ1v) is 9.54. The van der Waals surface area contributed by atoms with E-state index in [1.165, 1.54) is 6.92 Å². The van der Waals surface area contributed by atoms with Gasteiger partial charge in [0.2, 0.25) is 11.8 Å². The van der Waals surface area contributed by atoms with Crippen LogP contribution in [0.25, 0.3) is 0 Å². The van der Waals surface area contributed by atoms with E-state index in [1.54, 1.807) is 48.5 Å². The average Bonchev–Trinajstić information content (AvgIpc) is 2.76. The third kappa shape index (κ3) is 7.45. The van der Waals surface area contributed by atoms with Gasteiger partial charge in [-0.15, -0.1) is 0 Å². The van der Waals surface area contributed by atoms with Crippen LogP contribution in [0.4, 0.5) is 4.79 Å². The largest absolute Gasteiger partial charge is 0.445 e. The SMILES string of the molecule is C[C@@H](O)[C@H](NC(=O)OCc1ccccc1)C(=O)N[C@H](Cc1ccc(C#N)cc1)C(N)=O. The molecule has 0 aromatic heterocycles. The van der Waals surface area contributed by atoms with Gasteiger partial charge in [-0.2, -0.15) is 5.26 Å². The highest BCUT2D eigenvalue weighted by Gasteiger charge is 2.29. The Kier molecular flexibility index (Phi) is 8.54. The summed E-state index contributed by atoms with van der Waals surface area (Å²) in [5, 5.41) is 23.5. The first kappa shape index (κ1) is 23.4. The third-order valence-electron chi connectivity index (χ3n) is 4.43. The second-order valence-electron chi connectivity index (χ2n) is 6.90. The summed E-state index contributed by atoms with van der Waals surface area (Å²) < 4.78 is 5.07. The molecule has 2 rings (SSSR count). The van der Waals surface area contributed by atoms with Crippen molar-refractivity contribution in [3.8, 4) is 6.07 Å². The molecule has 0 unspecified atom stereocenters. The number of hydrogen-bond donors (Lipinski definition) is 4. The molecule has 9 nitrogen and oxygen atoms in total. The molecule has 0 aliphatic rings. The second-order valence-corrected chi connectivity index (χ2v) is 6.90. The summed E-state index contributed by atoms with van der Waals surface area (Å²) >= 11 is 0. The maximum Gasteiger partial charge on any atom is 0.408 e. The summed E-state index contributed by atoms with van der Waals surface area (Å²) in [6.45, 7) is 1.31. The lowest BCUT2D eigenvalue weighted by molar-refractivity contribution is -0.130. The fraction of sp³-hybridized carbons (Fsp3) is 0.273. The Morgan fingerprint density at radius 3 is 2.26 bits per heavy atom. The van der Waals surface area contributed by atoms with Crippen LogP contribution in [0.15, 0.2) is 54.6 Å². The lowest BCUT2D eigenvalue weighted by Crippen LogP contribution is -2.57. The molecule has 0 spiro atoms. The van der Waals surface area contributed by atoms with E-state index in [0.29, 0.717) is 11.1 Å². The number of primary amides is 1. The highest BCUT2D eigenvalue weighted by molar-refractivity contribution is 5.91. The Morgan fingerprint density at radius 1 is 1.06 bits per heavy atom. The monoisotopic (exact) mass is 424 g/mol. The van der Waals surface area contributed by atoms with Gasteiger partial charge in [0.25, 0.3) is 0 Å². The van der Waals surface area contributed by atoms with Gasteiger partial charge in [0, 0.05) is 6.42 Å². The lowest BCUT2D eigenvalue weighted by atomic mass is 10.0. The van der Waals surface area contributed by atoms with E-state index in [9.17, 15) is 19.5 Å². The van der Waals surface area contributed by atoms with E-state index >= 15 is 0 Å². The van der Waals surface area contributed by atoms with Crippen molar-refractivity contribution in [1.82, 2.24) is 10.6 Å². The molecular weight excluding hydrogens is 400 g/mol. The Morgan fingerprint density at radius 2 is 1.71 bits per heavy atom. The zero-order chi connectivity index (χ0) is 22.8. The van der Waals surface area contributed by atoms with Crippen molar-refractivity contribution in [3.63, 3.8) is 0 Å². The number of amides is 3. The molecular formula is C22H24N4O5. The van der Waals surface area contributed by atoms with Gasteiger partial charge in [-0.1, -0.05) is 42.5 Å². The van der Waals surface area contributed by atoms with Gasteiger partial charge in [0.15, 0.2) is 0 Å². The van der Waals surface area contributed by atoms with Gasteiger partial charge in [0.1, 0.15) is 18.7 Å². The number of rotatable bonds is 9. The molecule has 2 aromatic rings. The summed E-state index contributed by atoms with van der Waals surface area (Å²) in [4.78, 5) is 36.5. The molecule has 0 heterocycles. The normalized spacial score (nSPS) is 13.2. The number of ether oxygens (including phenoxy) is 1. The molecule has 0 saturated heterocycles. The lowest BCUT2D eigenvalue weighted by Gasteiger charge is -2.23. The van der Waals surface area contributed by atoms with E-state index in [2.05, 4.69) is 10.6 Å². The number of carbonyl (C=O) groups is 3. The van der Waals surface area contributed by atoms with Crippen molar-refractivity contribution in [2.45, 2.75) is 38.1 Å². The molecule has 2 aromatic carbocycles. The van der Waals surface area contributed by atoms with Crippen molar-refractivity contribution in [2.75, 3.05) is 0 Å². The van der Waals surface area contributed by atoms with Crippen LogP contribution in [0.5, 0.6) is 0 Å². The number of benzene rings is 2. The number of hydrogen-bond acceptors (Lipinski definition) is 6. The van der Waals surface area contributed by atoms with Crippen molar-refractivity contribution in [1.29, 1.82) is 5.26 Å². The van der Waals surface area contributed by atoms with Crippen LogP contribution in [-0.2, 0) is 27.4 Å². The van der Waals surface area contributed by atoms with Crippen LogP contribution >= 0.6 is 0 Å². The fourth-order valence-electron chi connectivity index (χ4n) is 2.73. The maximum atomic E-state index is 12.6. The Balaban J connectivity index is 1.98. The predicted molar refractivity (Wildman–Crippen MR) is 111 cm³/mol. The first-order chi connectivity index (χ1) is 14.8. The number of aliphatic hydroxyl groups is 1. The van der Waals surface area contributed by atoms with Crippen LogP contribution in [0.2, 0.25) is 0 Å². The van der Waals surface area contributed by atoms with Crippen LogP contribution in [0, 0.1) is 11.3 Å². The van der Waals surface area contributed by atoms with Crippen LogP contribution in [-0.4, -0.2) is 41.2 Å². The van der Waals surface area contributed by atoms with Crippen LogP contribution in [0.1, 0.15) is 23.6 Å². The molecule has 5 N–H and O–H groups in total. The number of carbonyl (C=O) groups excluding carboxylic acids is 3. The van der Waals surface area contributed by atoms with E-state index in [0.717, 1.165) is 5.56 Å². The minimum atomic E-state index is -1.36. The van der Waals surface area contributed by atoms with Gasteiger partial charge < -0.3 is 26.2 Å². The van der Waals surface area contributed by atoms with Gasteiger partial charge in [-0.25, -0.2) is 4.79 Å². The number of aliphatic hydroxyl groups excluding tert-OH is 1. The van der Waals surface area contributed by atoms with Crippen molar-refractivity contribution in [2.24, 2.45) is 5.73 Å². The van der Waals surface area contributed by atoms with Crippen molar-refractivity contribution < 1.29 is 24.2 Å². The van der Waals surface area contributed by atoms with Crippen LogP contribution in [0.3, 0.4) is 0 Å². The standard InChI is InChI=1S/C22H24N4O5/c1-14(27)19(26-22(30)31-13-17-5-3-2-4-6-17)21(29)25-18(20(24)28)11-15-7-9-16(12-23)10-8-15/h2-10,14,18-19,27H,11,13H2,1H3,(H2,24,28)(H,25,29)(H,26,30)/t14-,18-,19+/m1/s1. The molecule has 0 saturated carbocycles. The molecule has 0 aliphatic carbocycles. The van der Waals surface area contributed by atoms with E-state index < -0.39 is 36.1 Å². The summed E-state index contributed by atoms with van der Waals surface area (Å²) in [5.74, 6) is -1.57. The van der Waals surface area contributed by atoms with Gasteiger partial charge in [-0.3, -0.25) is 9.59 Å². The van der Waals surface area contributed by atoms with Crippen molar-refractivity contribution in [3.05, 3.63) is 71.3 Å². The highest BCUT2D eigenvalue weighted by atomic mass is 16.5. The zero-order valence-electron chi connectivity index (χ0n) is 16.9. The highest BCUT2D eigenvalue weighted by Crippen LogP contribution is 2.07. The van der Waals surface area contributed by atoms with Crippen molar-refractivity contribution >= 4 is 17.9 Å². The van der Waals surface area contributed by atoms with E-state index in [1.807, 2.05) is 12.1 Å². The van der Waals surface area contributed by atoms with Gasteiger partial charge in [-0.05, 0) is 30.2 Å². The summed E-state index contributed by atoms with van der Waals surface area (Å²) in [6, 6.07) is 15.0. The number of nitrogens with zero attached hydrogens (tertiary/aromatic N) is 1. The summed E-state index contributed by atoms with van der Waals surface area (Å²) in [5.41, 5.74) is 7.28.